The summed E-state index contributed by atoms with van der Waals surface area (Å²) in [6, 6.07) is 2.54. The van der Waals surface area contributed by atoms with Crippen LogP contribution >= 0.6 is 15.9 Å². The predicted molar refractivity (Wildman–Crippen MR) is 92.0 cm³/mol. The number of halogens is 3. The quantitative estimate of drug-likeness (QED) is 0.626. The van der Waals surface area contributed by atoms with Gasteiger partial charge < -0.3 is 14.6 Å². The van der Waals surface area contributed by atoms with E-state index in [9.17, 15) is 8.78 Å². The first kappa shape index (κ1) is 18.6. The number of likely N-dealkylation sites (N-methyl/N-ethyl adjacent to an activating group) is 1. The standard InChI is InChI=1S/C16H21BBrF2NO2/c1-15(2)16(3,4)23-17(22-15)11(9-21-5)6-10-7-12(19)14(18)13(20)8-10/h6-8,21H,9H2,1-5H3. The zero-order valence-corrected chi connectivity index (χ0v) is 15.6. The van der Waals surface area contributed by atoms with Crippen LogP contribution in [0, 0.1) is 11.6 Å². The summed E-state index contributed by atoms with van der Waals surface area (Å²) < 4.78 is 39.3. The molecule has 0 unspecified atom stereocenters. The lowest BCUT2D eigenvalue weighted by molar-refractivity contribution is 0.00578. The maximum absolute atomic E-state index is 13.7. The Morgan fingerprint density at radius 1 is 1.17 bits per heavy atom. The molecule has 7 heteroatoms. The van der Waals surface area contributed by atoms with E-state index in [1.54, 1.807) is 13.1 Å². The molecule has 2 rings (SSSR count). The number of benzene rings is 1. The van der Waals surface area contributed by atoms with Gasteiger partial charge in [-0.2, -0.15) is 0 Å². The van der Waals surface area contributed by atoms with Crippen molar-refractivity contribution in [2.24, 2.45) is 0 Å². The van der Waals surface area contributed by atoms with Gasteiger partial charge in [0.15, 0.2) is 0 Å². The lowest BCUT2D eigenvalue weighted by Gasteiger charge is -2.32. The fraction of sp³-hybridized carbons (Fsp3) is 0.500. The highest BCUT2D eigenvalue weighted by Gasteiger charge is 2.52. The lowest BCUT2D eigenvalue weighted by atomic mass is 9.77. The largest absolute Gasteiger partial charge is 0.491 e. The van der Waals surface area contributed by atoms with Crippen LogP contribution in [0.1, 0.15) is 33.3 Å². The molecule has 0 saturated carbocycles. The highest BCUT2D eigenvalue weighted by Crippen LogP contribution is 2.38. The topological polar surface area (TPSA) is 30.5 Å². The minimum Gasteiger partial charge on any atom is -0.400 e. The number of nitrogens with one attached hydrogen (secondary N) is 1. The van der Waals surface area contributed by atoms with Gasteiger partial charge in [0.05, 0.1) is 15.7 Å². The first-order valence-corrected chi connectivity index (χ1v) is 8.22. The van der Waals surface area contributed by atoms with E-state index < -0.39 is 30.0 Å². The van der Waals surface area contributed by atoms with Crippen LogP contribution in [-0.2, 0) is 9.31 Å². The van der Waals surface area contributed by atoms with E-state index in [1.807, 2.05) is 27.7 Å². The molecule has 0 bridgehead atoms. The minimum atomic E-state index is -0.644. The first-order chi connectivity index (χ1) is 10.6. The fourth-order valence-corrected chi connectivity index (χ4v) is 2.50. The third-order valence-electron chi connectivity index (χ3n) is 4.30. The molecular weight excluding hydrogens is 367 g/mol. The summed E-state index contributed by atoms with van der Waals surface area (Å²) in [7, 11) is 1.23. The summed E-state index contributed by atoms with van der Waals surface area (Å²) in [5.41, 5.74) is 0.247. The van der Waals surface area contributed by atoms with Gasteiger partial charge in [-0.1, -0.05) is 6.08 Å². The van der Waals surface area contributed by atoms with Gasteiger partial charge >= 0.3 is 7.12 Å². The summed E-state index contributed by atoms with van der Waals surface area (Å²) in [6.45, 7) is 8.33. The Labute approximate surface area is 144 Å². The molecule has 1 aromatic rings. The van der Waals surface area contributed by atoms with Crippen LogP contribution in [0.5, 0.6) is 0 Å². The second kappa shape index (κ2) is 6.63. The molecule has 0 spiro atoms. The molecule has 0 radical (unpaired) electrons. The van der Waals surface area contributed by atoms with Gasteiger partial charge in [-0.25, -0.2) is 8.78 Å². The Morgan fingerprint density at radius 3 is 2.09 bits per heavy atom. The molecule has 3 nitrogen and oxygen atoms in total. The van der Waals surface area contributed by atoms with Crippen molar-refractivity contribution in [3.8, 4) is 0 Å². The number of rotatable bonds is 4. The Kier molecular flexibility index (Phi) is 5.35. The third-order valence-corrected chi connectivity index (χ3v) is 5.05. The van der Waals surface area contributed by atoms with Crippen molar-refractivity contribution >= 4 is 29.1 Å². The normalized spacial score (nSPS) is 20.2. The van der Waals surface area contributed by atoms with Crippen molar-refractivity contribution in [3.63, 3.8) is 0 Å². The van der Waals surface area contributed by atoms with Crippen molar-refractivity contribution in [3.05, 3.63) is 39.3 Å². The fourth-order valence-electron chi connectivity index (χ4n) is 2.27. The Hall–Kier alpha value is -0.755. The molecule has 0 atom stereocenters. The van der Waals surface area contributed by atoms with E-state index >= 15 is 0 Å². The van der Waals surface area contributed by atoms with Gasteiger partial charge in [0.25, 0.3) is 0 Å². The Bertz CT molecular complexity index is 596. The SMILES string of the molecule is CNCC(=Cc1cc(F)c(Br)c(F)c1)B1OC(C)(C)C(C)(C)O1. The first-order valence-electron chi connectivity index (χ1n) is 7.42. The second-order valence-electron chi connectivity index (χ2n) is 6.64. The summed E-state index contributed by atoms with van der Waals surface area (Å²) in [6.07, 6.45) is 1.69. The molecule has 1 aliphatic rings. The maximum atomic E-state index is 13.7. The zero-order chi connectivity index (χ0) is 17.4. The van der Waals surface area contributed by atoms with Crippen LogP contribution in [0.2, 0.25) is 0 Å². The summed E-state index contributed by atoms with van der Waals surface area (Å²) in [5.74, 6) is -1.29. The van der Waals surface area contributed by atoms with Crippen LogP contribution in [-0.4, -0.2) is 31.9 Å². The van der Waals surface area contributed by atoms with E-state index in [0.717, 1.165) is 5.47 Å². The molecular formula is C16H21BBrF2NO2. The van der Waals surface area contributed by atoms with Gasteiger partial charge in [0.1, 0.15) is 11.6 Å². The van der Waals surface area contributed by atoms with E-state index in [2.05, 4.69) is 21.2 Å². The molecule has 1 N–H and O–H groups in total. The number of hydrogen-bond acceptors (Lipinski definition) is 3. The predicted octanol–water partition coefficient (Wildman–Crippen LogP) is 3.96. The molecule has 1 aromatic carbocycles. The van der Waals surface area contributed by atoms with Crippen molar-refractivity contribution in [1.29, 1.82) is 0 Å². The van der Waals surface area contributed by atoms with Crippen molar-refractivity contribution in [2.75, 3.05) is 13.6 Å². The van der Waals surface area contributed by atoms with Crippen LogP contribution < -0.4 is 5.32 Å². The molecule has 1 fully saturated rings. The molecule has 126 valence electrons. The van der Waals surface area contributed by atoms with Crippen LogP contribution in [0.4, 0.5) is 8.78 Å². The van der Waals surface area contributed by atoms with Crippen LogP contribution in [0.15, 0.2) is 22.1 Å². The summed E-state index contributed by atoms with van der Waals surface area (Å²) in [5, 5.41) is 3.04. The van der Waals surface area contributed by atoms with E-state index in [-0.39, 0.29) is 4.47 Å². The Balaban J connectivity index is 2.36. The average Bonchev–Trinajstić information content (AvgIpc) is 2.64. The van der Waals surface area contributed by atoms with Gasteiger partial charge in [-0.3, -0.25) is 0 Å². The molecule has 1 heterocycles. The third kappa shape index (κ3) is 3.84. The highest BCUT2D eigenvalue weighted by atomic mass is 79.9. The number of hydrogen-bond donors (Lipinski definition) is 1. The van der Waals surface area contributed by atoms with Crippen molar-refractivity contribution < 1.29 is 18.1 Å². The van der Waals surface area contributed by atoms with Crippen molar-refractivity contribution in [2.45, 2.75) is 38.9 Å². The minimum absolute atomic E-state index is 0.166. The van der Waals surface area contributed by atoms with Crippen LogP contribution in [0.3, 0.4) is 0 Å². The maximum Gasteiger partial charge on any atom is 0.491 e. The van der Waals surface area contributed by atoms with Gasteiger partial charge in [-0.05, 0) is 73.8 Å². The molecule has 0 amide bonds. The van der Waals surface area contributed by atoms with Gasteiger partial charge in [0, 0.05) is 6.54 Å². The van der Waals surface area contributed by atoms with Gasteiger partial charge in [0.2, 0.25) is 0 Å². The lowest BCUT2D eigenvalue weighted by Crippen LogP contribution is -2.41. The molecule has 0 aliphatic carbocycles. The van der Waals surface area contributed by atoms with Gasteiger partial charge in [-0.15, -0.1) is 0 Å². The molecule has 1 aliphatic heterocycles. The monoisotopic (exact) mass is 387 g/mol. The van der Waals surface area contributed by atoms with Crippen LogP contribution in [0.25, 0.3) is 6.08 Å². The summed E-state index contributed by atoms with van der Waals surface area (Å²) >= 11 is 2.87. The molecule has 23 heavy (non-hydrogen) atoms. The van der Waals surface area contributed by atoms with Crippen molar-refractivity contribution in [1.82, 2.24) is 5.32 Å². The smallest absolute Gasteiger partial charge is 0.400 e. The average molecular weight is 388 g/mol. The highest BCUT2D eigenvalue weighted by molar-refractivity contribution is 9.10. The van der Waals surface area contributed by atoms with E-state index in [0.29, 0.717) is 12.1 Å². The second-order valence-corrected chi connectivity index (χ2v) is 7.43. The summed E-state index contributed by atoms with van der Waals surface area (Å²) in [4.78, 5) is 0. The van der Waals surface area contributed by atoms with E-state index in [1.165, 1.54) is 12.1 Å². The Morgan fingerprint density at radius 2 is 1.65 bits per heavy atom. The zero-order valence-electron chi connectivity index (χ0n) is 14.0. The van der Waals surface area contributed by atoms with E-state index in [4.69, 9.17) is 9.31 Å². The molecule has 0 aromatic heterocycles. The molecule has 1 saturated heterocycles.